The van der Waals surface area contributed by atoms with Crippen LogP contribution in [0.15, 0.2) is 29.2 Å². The number of benzene rings is 1. The highest BCUT2D eigenvalue weighted by Gasteiger charge is 2.18. The Labute approximate surface area is 116 Å². The predicted octanol–water partition coefficient (Wildman–Crippen LogP) is 2.78. The average Bonchev–Trinajstić information content (AvgIpc) is 2.38. The third-order valence-electron chi connectivity index (χ3n) is 2.51. The number of aliphatic carboxylic acids is 1. The second kappa shape index (κ2) is 7.68. The SMILES string of the molecule is CCC[C@H](NC(=O)Nc1cccc(SC)c1)C(=O)O. The van der Waals surface area contributed by atoms with Gasteiger partial charge in [-0.2, -0.15) is 0 Å². The number of rotatable bonds is 6. The summed E-state index contributed by atoms with van der Waals surface area (Å²) in [5.74, 6) is -1.02. The van der Waals surface area contributed by atoms with Gasteiger partial charge < -0.3 is 15.7 Å². The Hall–Kier alpha value is -1.69. The van der Waals surface area contributed by atoms with Crippen LogP contribution >= 0.6 is 11.8 Å². The van der Waals surface area contributed by atoms with Crippen LogP contribution in [0.5, 0.6) is 0 Å². The van der Waals surface area contributed by atoms with E-state index in [4.69, 9.17) is 5.11 Å². The number of anilines is 1. The summed E-state index contributed by atoms with van der Waals surface area (Å²) < 4.78 is 0. The number of carbonyl (C=O) groups excluding carboxylic acids is 1. The minimum atomic E-state index is -1.02. The van der Waals surface area contributed by atoms with E-state index < -0.39 is 18.0 Å². The van der Waals surface area contributed by atoms with Gasteiger partial charge in [0.2, 0.25) is 0 Å². The van der Waals surface area contributed by atoms with Gasteiger partial charge in [0.15, 0.2) is 0 Å². The molecule has 5 nitrogen and oxygen atoms in total. The summed E-state index contributed by atoms with van der Waals surface area (Å²) >= 11 is 1.57. The van der Waals surface area contributed by atoms with Gasteiger partial charge in [0.25, 0.3) is 0 Å². The maximum absolute atomic E-state index is 11.7. The molecule has 0 spiro atoms. The zero-order valence-electron chi connectivity index (χ0n) is 11.0. The summed E-state index contributed by atoms with van der Waals surface area (Å²) in [7, 11) is 0. The molecule has 1 rings (SSSR count). The maximum atomic E-state index is 11.7. The molecule has 0 saturated heterocycles. The summed E-state index contributed by atoms with van der Waals surface area (Å²) in [5, 5.41) is 14.0. The molecule has 0 aromatic heterocycles. The van der Waals surface area contributed by atoms with Crippen LogP contribution in [0.25, 0.3) is 0 Å². The first-order chi connectivity index (χ1) is 9.06. The fourth-order valence-corrected chi connectivity index (χ4v) is 2.03. The van der Waals surface area contributed by atoms with Gasteiger partial charge in [0.1, 0.15) is 6.04 Å². The molecule has 0 aliphatic rings. The fourth-order valence-electron chi connectivity index (χ4n) is 1.57. The lowest BCUT2D eigenvalue weighted by molar-refractivity contribution is -0.139. The van der Waals surface area contributed by atoms with Gasteiger partial charge in [0.05, 0.1) is 0 Å². The molecular formula is C13H18N2O3S. The normalized spacial score (nSPS) is 11.7. The van der Waals surface area contributed by atoms with E-state index in [9.17, 15) is 9.59 Å². The van der Waals surface area contributed by atoms with Crippen molar-refractivity contribution in [2.75, 3.05) is 11.6 Å². The number of carboxylic acid groups (broad SMARTS) is 1. The molecule has 0 heterocycles. The van der Waals surface area contributed by atoms with E-state index in [-0.39, 0.29) is 0 Å². The van der Waals surface area contributed by atoms with Crippen LogP contribution in [0.2, 0.25) is 0 Å². The smallest absolute Gasteiger partial charge is 0.326 e. The van der Waals surface area contributed by atoms with Crippen molar-refractivity contribution >= 4 is 29.4 Å². The molecule has 19 heavy (non-hydrogen) atoms. The quantitative estimate of drug-likeness (QED) is 0.701. The second-order valence-corrected chi connectivity index (χ2v) is 4.89. The van der Waals surface area contributed by atoms with E-state index in [1.165, 1.54) is 0 Å². The van der Waals surface area contributed by atoms with E-state index in [1.54, 1.807) is 17.8 Å². The monoisotopic (exact) mass is 282 g/mol. The average molecular weight is 282 g/mol. The molecule has 3 N–H and O–H groups in total. The van der Waals surface area contributed by atoms with Gasteiger partial charge in [-0.3, -0.25) is 0 Å². The van der Waals surface area contributed by atoms with Crippen molar-refractivity contribution in [3.05, 3.63) is 24.3 Å². The number of carbonyl (C=O) groups is 2. The van der Waals surface area contributed by atoms with Crippen LogP contribution in [0.4, 0.5) is 10.5 Å². The van der Waals surface area contributed by atoms with Gasteiger partial charge >= 0.3 is 12.0 Å². The Bertz CT molecular complexity index is 451. The lowest BCUT2D eigenvalue weighted by Gasteiger charge is -2.14. The highest BCUT2D eigenvalue weighted by Crippen LogP contribution is 2.18. The molecular weight excluding hydrogens is 264 g/mol. The van der Waals surface area contributed by atoms with Crippen molar-refractivity contribution in [3.63, 3.8) is 0 Å². The summed E-state index contributed by atoms with van der Waals surface area (Å²) in [6, 6.07) is 6.01. The van der Waals surface area contributed by atoms with Crippen LogP contribution in [-0.2, 0) is 4.79 Å². The lowest BCUT2D eigenvalue weighted by Crippen LogP contribution is -2.42. The molecule has 0 radical (unpaired) electrons. The minimum absolute atomic E-state index is 0.410. The molecule has 1 aromatic rings. The Morgan fingerprint density at radius 1 is 1.42 bits per heavy atom. The molecule has 0 aliphatic heterocycles. The topological polar surface area (TPSA) is 78.4 Å². The molecule has 0 bridgehead atoms. The van der Waals surface area contributed by atoms with Crippen molar-refractivity contribution in [2.45, 2.75) is 30.7 Å². The van der Waals surface area contributed by atoms with E-state index in [0.29, 0.717) is 18.5 Å². The Morgan fingerprint density at radius 2 is 2.16 bits per heavy atom. The van der Waals surface area contributed by atoms with Gasteiger partial charge in [-0.05, 0) is 30.9 Å². The lowest BCUT2D eigenvalue weighted by atomic mass is 10.2. The van der Waals surface area contributed by atoms with Crippen molar-refractivity contribution in [2.24, 2.45) is 0 Å². The number of thioether (sulfide) groups is 1. The van der Waals surface area contributed by atoms with Crippen LogP contribution in [0, 0.1) is 0 Å². The molecule has 1 aromatic carbocycles. The van der Waals surface area contributed by atoms with Crippen LogP contribution < -0.4 is 10.6 Å². The van der Waals surface area contributed by atoms with Gasteiger partial charge in [0, 0.05) is 10.6 Å². The molecule has 0 unspecified atom stereocenters. The number of amides is 2. The van der Waals surface area contributed by atoms with Gasteiger partial charge in [-0.15, -0.1) is 11.8 Å². The van der Waals surface area contributed by atoms with E-state index in [1.807, 2.05) is 31.4 Å². The Balaban J connectivity index is 2.60. The molecule has 2 amide bonds. The summed E-state index contributed by atoms with van der Waals surface area (Å²) in [5.41, 5.74) is 0.644. The summed E-state index contributed by atoms with van der Waals surface area (Å²) in [6.07, 6.45) is 3.05. The number of urea groups is 1. The number of nitrogens with one attached hydrogen (secondary N) is 2. The van der Waals surface area contributed by atoms with E-state index in [0.717, 1.165) is 4.90 Å². The predicted molar refractivity (Wildman–Crippen MR) is 76.7 cm³/mol. The second-order valence-electron chi connectivity index (χ2n) is 4.01. The molecule has 1 atom stereocenters. The minimum Gasteiger partial charge on any atom is -0.480 e. The van der Waals surface area contributed by atoms with Crippen molar-refractivity contribution in [1.29, 1.82) is 0 Å². The highest BCUT2D eigenvalue weighted by atomic mass is 32.2. The molecule has 6 heteroatoms. The first kappa shape index (κ1) is 15.4. The van der Waals surface area contributed by atoms with Crippen molar-refractivity contribution < 1.29 is 14.7 Å². The number of hydrogen-bond donors (Lipinski definition) is 3. The van der Waals surface area contributed by atoms with E-state index >= 15 is 0 Å². The van der Waals surface area contributed by atoms with Crippen molar-refractivity contribution in [1.82, 2.24) is 5.32 Å². The van der Waals surface area contributed by atoms with Gasteiger partial charge in [-0.1, -0.05) is 19.4 Å². The summed E-state index contributed by atoms with van der Waals surface area (Å²) in [4.78, 5) is 23.7. The van der Waals surface area contributed by atoms with Gasteiger partial charge in [-0.25, -0.2) is 9.59 Å². The zero-order chi connectivity index (χ0) is 14.3. The molecule has 104 valence electrons. The number of hydrogen-bond acceptors (Lipinski definition) is 3. The van der Waals surface area contributed by atoms with Crippen molar-refractivity contribution in [3.8, 4) is 0 Å². The van der Waals surface area contributed by atoms with Crippen LogP contribution in [-0.4, -0.2) is 29.4 Å². The molecule has 0 aliphatic carbocycles. The third kappa shape index (κ3) is 5.21. The zero-order valence-corrected chi connectivity index (χ0v) is 11.8. The third-order valence-corrected chi connectivity index (χ3v) is 3.23. The largest absolute Gasteiger partial charge is 0.480 e. The standard InChI is InChI=1S/C13H18N2O3S/c1-3-5-11(12(16)17)15-13(18)14-9-6-4-7-10(8-9)19-2/h4,6-8,11H,3,5H2,1-2H3,(H,16,17)(H2,14,15,18)/t11-/m0/s1. The fraction of sp³-hybridized carbons (Fsp3) is 0.385. The first-order valence-corrected chi connectivity index (χ1v) is 7.23. The van der Waals surface area contributed by atoms with Crippen LogP contribution in [0.3, 0.4) is 0 Å². The molecule has 0 fully saturated rings. The Kier molecular flexibility index (Phi) is 6.21. The number of carboxylic acids is 1. The maximum Gasteiger partial charge on any atom is 0.326 e. The van der Waals surface area contributed by atoms with Crippen LogP contribution in [0.1, 0.15) is 19.8 Å². The molecule has 0 saturated carbocycles. The summed E-state index contributed by atoms with van der Waals surface area (Å²) in [6.45, 7) is 1.87. The van der Waals surface area contributed by atoms with E-state index in [2.05, 4.69) is 10.6 Å². The first-order valence-electron chi connectivity index (χ1n) is 6.01. The Morgan fingerprint density at radius 3 is 2.74 bits per heavy atom. The highest BCUT2D eigenvalue weighted by molar-refractivity contribution is 7.98.